The Bertz CT molecular complexity index is 2200. The third-order valence-corrected chi connectivity index (χ3v) is 11.3. The van der Waals surface area contributed by atoms with E-state index in [2.05, 4.69) is 5.32 Å². The Morgan fingerprint density at radius 2 is 1.09 bits per heavy atom. The second-order valence-corrected chi connectivity index (χ2v) is 18.3. The molecule has 2 fully saturated rings. The quantitative estimate of drug-likeness (QED) is 0.0615. The van der Waals surface area contributed by atoms with E-state index in [1.165, 1.54) is 0 Å². The zero-order valence-corrected chi connectivity index (χ0v) is 38.9. The van der Waals surface area contributed by atoms with E-state index in [1.807, 2.05) is 121 Å². The normalized spacial score (nSPS) is 25.2. The molecule has 0 bridgehead atoms. The summed E-state index contributed by atoms with van der Waals surface area (Å²) in [5.74, 6) is 0.942. The van der Waals surface area contributed by atoms with E-state index in [0.29, 0.717) is 11.5 Å². The number of hydrogen-bond donors (Lipinski definition) is 3. The van der Waals surface area contributed by atoms with Crippen molar-refractivity contribution in [2.75, 3.05) is 26.9 Å². The summed E-state index contributed by atoms with van der Waals surface area (Å²) < 4.78 is 61.5. The zero-order valence-electron chi connectivity index (χ0n) is 36.6. The molecular formula is C50H54Cl3NO13. The van der Waals surface area contributed by atoms with Gasteiger partial charge in [0, 0.05) is 0 Å². The van der Waals surface area contributed by atoms with E-state index in [9.17, 15) is 15.0 Å². The number of carbonyl (C=O) groups excluding carboxylic acids is 1. The summed E-state index contributed by atoms with van der Waals surface area (Å²) in [7, 11) is 1.55. The number of ether oxygens (including phenoxy) is 10. The molecule has 2 aliphatic heterocycles. The summed E-state index contributed by atoms with van der Waals surface area (Å²) in [5, 5.41) is 25.9. The van der Waals surface area contributed by atoms with Crippen molar-refractivity contribution in [3.63, 3.8) is 0 Å². The third-order valence-electron chi connectivity index (χ3n) is 10.9. The van der Waals surface area contributed by atoms with Crippen LogP contribution in [0.5, 0.6) is 11.5 Å². The minimum atomic E-state index is -1.92. The number of aliphatic hydroxyl groups excluding tert-OH is 2. The molecule has 0 aliphatic carbocycles. The van der Waals surface area contributed by atoms with Gasteiger partial charge in [0.05, 0.1) is 46.8 Å². The minimum absolute atomic E-state index is 0.0242. The van der Waals surface area contributed by atoms with Crippen molar-refractivity contribution >= 4 is 40.9 Å². The molecular weight excluding hydrogens is 929 g/mol. The number of benzene rings is 5. The number of methoxy groups -OCH3 is 1. The fraction of sp³-hybridized carbons (Fsp3) is 0.380. The molecule has 2 saturated heterocycles. The van der Waals surface area contributed by atoms with Crippen LogP contribution in [0.15, 0.2) is 146 Å². The molecule has 7 rings (SSSR count). The van der Waals surface area contributed by atoms with Crippen molar-refractivity contribution < 1.29 is 62.4 Å². The molecule has 1 amide bonds. The van der Waals surface area contributed by atoms with Crippen LogP contribution < -0.4 is 14.8 Å². The summed E-state index contributed by atoms with van der Waals surface area (Å²) in [5.41, 5.74) is 3.35. The molecule has 0 unspecified atom stereocenters. The number of alkyl carbamates (subject to hydrolysis) is 1. The van der Waals surface area contributed by atoms with Crippen molar-refractivity contribution in [1.29, 1.82) is 0 Å². The average molecular weight is 983 g/mol. The van der Waals surface area contributed by atoms with Gasteiger partial charge in [-0.15, -0.1) is 0 Å². The van der Waals surface area contributed by atoms with E-state index in [4.69, 9.17) is 82.2 Å². The molecule has 0 spiro atoms. The van der Waals surface area contributed by atoms with Gasteiger partial charge in [0.1, 0.15) is 66.9 Å². The summed E-state index contributed by atoms with van der Waals surface area (Å²) in [6, 6.07) is 43.3. The zero-order chi connectivity index (χ0) is 47.0. The van der Waals surface area contributed by atoms with E-state index in [0.717, 1.165) is 22.3 Å². The number of nitrogens with one attached hydrogen (secondary N) is 1. The molecule has 14 nitrogen and oxygen atoms in total. The summed E-state index contributed by atoms with van der Waals surface area (Å²) in [4.78, 5) is 13.7. The van der Waals surface area contributed by atoms with Crippen LogP contribution in [0.4, 0.5) is 4.79 Å². The second kappa shape index (κ2) is 25.2. The standard InChI is InChI=1S/C50H54Cl3NO13/c1-58-37-22-24-38(25-23-37)64-47-41(54-49(57)63-32-50(51,52)53)45(61-29-35-18-10-4-11-19-35)44(40(66-47)31-59-27-33-14-6-2-7-15-33)67-48-46(62-30-36-20-12-5-13-21-36)42(56)43(39(26-55)65-48)60-28-34-16-8-3-9-17-34/h2-25,39-48,55-56H,26-32H2,1H3,(H,54,57)/t39-,40-,41-,42+,43-,44-,45-,46+,47-,48+/m0/s1. The van der Waals surface area contributed by atoms with Gasteiger partial charge in [-0.05, 0) is 46.5 Å². The highest BCUT2D eigenvalue weighted by atomic mass is 35.6. The molecule has 17 heteroatoms. The Balaban J connectivity index is 1.27. The lowest BCUT2D eigenvalue weighted by Crippen LogP contribution is -2.69. The van der Waals surface area contributed by atoms with Crippen molar-refractivity contribution in [2.45, 2.75) is 91.6 Å². The summed E-state index contributed by atoms with van der Waals surface area (Å²) in [6.07, 6.45) is -11.8. The molecule has 5 aromatic carbocycles. The smallest absolute Gasteiger partial charge is 0.407 e. The topological polar surface area (TPSA) is 162 Å². The maximum absolute atomic E-state index is 13.7. The lowest BCUT2D eigenvalue weighted by molar-refractivity contribution is -0.357. The number of hydrogen-bond acceptors (Lipinski definition) is 13. The fourth-order valence-electron chi connectivity index (χ4n) is 7.62. The fourth-order valence-corrected chi connectivity index (χ4v) is 7.79. The van der Waals surface area contributed by atoms with E-state index in [-0.39, 0.29) is 33.0 Å². The number of rotatable bonds is 21. The van der Waals surface area contributed by atoms with E-state index in [1.54, 1.807) is 31.4 Å². The minimum Gasteiger partial charge on any atom is -0.497 e. The second-order valence-electron chi connectivity index (χ2n) is 15.8. The lowest BCUT2D eigenvalue weighted by atomic mass is 9.95. The van der Waals surface area contributed by atoms with Crippen LogP contribution in [-0.2, 0) is 64.3 Å². The highest BCUT2D eigenvalue weighted by Crippen LogP contribution is 2.35. The highest BCUT2D eigenvalue weighted by Gasteiger charge is 2.54. The van der Waals surface area contributed by atoms with Crippen LogP contribution >= 0.6 is 34.8 Å². The molecule has 358 valence electrons. The molecule has 2 aliphatic rings. The largest absolute Gasteiger partial charge is 0.497 e. The Kier molecular flexibility index (Phi) is 18.9. The van der Waals surface area contributed by atoms with Gasteiger partial charge in [-0.25, -0.2) is 4.79 Å². The first kappa shape index (κ1) is 50.4. The van der Waals surface area contributed by atoms with Crippen LogP contribution in [0.25, 0.3) is 0 Å². The van der Waals surface area contributed by atoms with Crippen molar-refractivity contribution in [3.8, 4) is 11.5 Å². The van der Waals surface area contributed by atoms with Crippen molar-refractivity contribution in [1.82, 2.24) is 5.32 Å². The van der Waals surface area contributed by atoms with Crippen molar-refractivity contribution in [2.24, 2.45) is 0 Å². The molecule has 5 aromatic rings. The van der Waals surface area contributed by atoms with Gasteiger partial charge >= 0.3 is 6.09 Å². The predicted molar refractivity (Wildman–Crippen MR) is 249 cm³/mol. The third kappa shape index (κ3) is 15.0. The van der Waals surface area contributed by atoms with Gasteiger partial charge < -0.3 is 62.9 Å². The van der Waals surface area contributed by atoms with Crippen molar-refractivity contribution in [3.05, 3.63) is 168 Å². The summed E-state index contributed by atoms with van der Waals surface area (Å²) in [6.45, 7) is -0.827. The van der Waals surface area contributed by atoms with Gasteiger partial charge in [-0.1, -0.05) is 156 Å². The van der Waals surface area contributed by atoms with E-state index < -0.39 is 84.4 Å². The van der Waals surface area contributed by atoms with Gasteiger partial charge in [0.2, 0.25) is 10.1 Å². The van der Waals surface area contributed by atoms with Gasteiger partial charge in [-0.3, -0.25) is 0 Å². The van der Waals surface area contributed by atoms with Gasteiger partial charge in [0.15, 0.2) is 6.29 Å². The number of amides is 1. The van der Waals surface area contributed by atoms with Crippen LogP contribution in [0.2, 0.25) is 0 Å². The molecule has 0 radical (unpaired) electrons. The number of alkyl halides is 3. The Morgan fingerprint density at radius 3 is 1.60 bits per heavy atom. The molecule has 2 heterocycles. The molecule has 0 aromatic heterocycles. The van der Waals surface area contributed by atoms with Crippen LogP contribution in [0.1, 0.15) is 22.3 Å². The van der Waals surface area contributed by atoms with Gasteiger partial charge in [-0.2, -0.15) is 0 Å². The van der Waals surface area contributed by atoms with Gasteiger partial charge in [0.25, 0.3) is 0 Å². The van der Waals surface area contributed by atoms with Crippen LogP contribution in [0.3, 0.4) is 0 Å². The molecule has 67 heavy (non-hydrogen) atoms. The Hall–Kier alpha value is -4.52. The first-order chi connectivity index (χ1) is 32.6. The molecule has 3 N–H and O–H groups in total. The number of halogens is 3. The highest BCUT2D eigenvalue weighted by molar-refractivity contribution is 6.67. The van der Waals surface area contributed by atoms with E-state index >= 15 is 0 Å². The summed E-state index contributed by atoms with van der Waals surface area (Å²) >= 11 is 17.9. The van der Waals surface area contributed by atoms with Crippen LogP contribution in [0, 0.1) is 0 Å². The SMILES string of the molecule is COc1ccc(O[C@H]2O[C@@H](COCc3ccccc3)[C@H](O[C@H]3O[C@@H](CO)[C@H](OCc4ccccc4)[C@@H](O)[C@H]3OCc3ccccc3)[C@@H](OCc3ccccc3)[C@@H]2NC(=O)OCC(Cl)(Cl)Cl)cc1. The lowest BCUT2D eigenvalue weighted by Gasteiger charge is -2.49. The number of aliphatic hydroxyl groups is 2. The average Bonchev–Trinajstić information content (AvgIpc) is 3.34. The Morgan fingerprint density at radius 1 is 0.612 bits per heavy atom. The molecule has 10 atom stereocenters. The van der Waals surface area contributed by atoms with Crippen LogP contribution in [-0.4, -0.2) is 108 Å². The maximum Gasteiger partial charge on any atom is 0.407 e. The maximum atomic E-state index is 13.7. The predicted octanol–water partition coefficient (Wildman–Crippen LogP) is 7.70. The first-order valence-corrected chi connectivity index (χ1v) is 22.8. The monoisotopic (exact) mass is 981 g/mol. The number of carbonyl (C=O) groups is 1. The Labute approximate surface area is 404 Å². The molecule has 0 saturated carbocycles. The first-order valence-electron chi connectivity index (χ1n) is 21.7.